The van der Waals surface area contributed by atoms with Crippen molar-refractivity contribution in [3.63, 3.8) is 0 Å². The van der Waals surface area contributed by atoms with Gasteiger partial charge in [0.05, 0.1) is 11.6 Å². The van der Waals surface area contributed by atoms with E-state index in [2.05, 4.69) is 10.1 Å². The maximum Gasteiger partial charge on any atom is 0.296 e. The summed E-state index contributed by atoms with van der Waals surface area (Å²) in [6.45, 7) is 0. The van der Waals surface area contributed by atoms with E-state index in [4.69, 9.17) is 4.74 Å². The zero-order valence-electron chi connectivity index (χ0n) is 16.8. The normalized spacial score (nSPS) is 11.8. The summed E-state index contributed by atoms with van der Waals surface area (Å²) in [6.07, 6.45) is 2.07. The zero-order chi connectivity index (χ0) is 21.3. The molecular formula is C22H20N4O3S. The minimum atomic E-state index is -0.413. The molecule has 0 spiro atoms. The van der Waals surface area contributed by atoms with Gasteiger partial charge in [-0.3, -0.25) is 9.59 Å². The molecule has 0 saturated carbocycles. The molecule has 2 heterocycles. The van der Waals surface area contributed by atoms with Gasteiger partial charge in [0, 0.05) is 26.2 Å². The standard InChI is InChI=1S/C22H20N4O3S/c1-25(2)16-8-4-14(5-9-16)12-18-20(27)23-22-26(24-18)21(28)19(30-22)13-15-6-10-17(29-3)11-7-15/h4-11,13H,12H2,1-3H3/b19-13-. The molecule has 0 saturated heterocycles. The number of fused-ring (bicyclic) bond motifs is 1. The molecule has 0 N–H and O–H groups in total. The van der Waals surface area contributed by atoms with Crippen LogP contribution in [0.25, 0.3) is 11.0 Å². The van der Waals surface area contributed by atoms with Gasteiger partial charge in [-0.15, -0.1) is 0 Å². The maximum absolute atomic E-state index is 12.8. The first-order chi connectivity index (χ1) is 14.4. The van der Waals surface area contributed by atoms with Crippen LogP contribution in [0.1, 0.15) is 16.8 Å². The highest BCUT2D eigenvalue weighted by molar-refractivity contribution is 7.15. The Kier molecular flexibility index (Phi) is 5.33. The Bertz CT molecular complexity index is 1360. The van der Waals surface area contributed by atoms with E-state index in [1.807, 2.05) is 67.5 Å². The minimum absolute atomic E-state index is 0.246. The van der Waals surface area contributed by atoms with Crippen molar-refractivity contribution in [3.05, 3.63) is 90.6 Å². The van der Waals surface area contributed by atoms with Gasteiger partial charge >= 0.3 is 0 Å². The van der Waals surface area contributed by atoms with E-state index < -0.39 is 5.56 Å². The largest absolute Gasteiger partial charge is 0.497 e. The molecule has 2 aromatic heterocycles. The van der Waals surface area contributed by atoms with Gasteiger partial charge < -0.3 is 9.64 Å². The molecule has 0 bridgehead atoms. The molecule has 2 aromatic carbocycles. The van der Waals surface area contributed by atoms with Gasteiger partial charge in [0.25, 0.3) is 11.1 Å². The monoisotopic (exact) mass is 420 g/mol. The lowest BCUT2D eigenvalue weighted by Crippen LogP contribution is -2.28. The van der Waals surface area contributed by atoms with Crippen LogP contribution in [0.2, 0.25) is 0 Å². The molecule has 0 aliphatic carbocycles. The smallest absolute Gasteiger partial charge is 0.296 e. The molecule has 4 aromatic rings. The third-order valence-electron chi connectivity index (χ3n) is 4.69. The Balaban J connectivity index is 1.71. The summed E-state index contributed by atoms with van der Waals surface area (Å²) in [7, 11) is 5.53. The number of nitrogens with zero attached hydrogens (tertiary/aromatic N) is 4. The van der Waals surface area contributed by atoms with Gasteiger partial charge in [0.2, 0.25) is 4.96 Å². The van der Waals surface area contributed by atoms with E-state index in [9.17, 15) is 9.59 Å². The fourth-order valence-corrected chi connectivity index (χ4v) is 3.91. The van der Waals surface area contributed by atoms with Crippen LogP contribution in [0.5, 0.6) is 5.75 Å². The van der Waals surface area contributed by atoms with E-state index in [-0.39, 0.29) is 16.2 Å². The summed E-state index contributed by atoms with van der Waals surface area (Å²) in [6, 6.07) is 15.2. The predicted molar refractivity (Wildman–Crippen MR) is 119 cm³/mol. The SMILES string of the molecule is COc1ccc(/C=c2\sc3nc(=O)c(Cc4ccc(N(C)C)cc4)nn3c2=O)cc1. The van der Waals surface area contributed by atoms with Crippen LogP contribution in [0.4, 0.5) is 5.69 Å². The summed E-state index contributed by atoms with van der Waals surface area (Å²) in [4.78, 5) is 31.6. The van der Waals surface area contributed by atoms with E-state index in [0.29, 0.717) is 11.0 Å². The second-order valence-corrected chi connectivity index (χ2v) is 7.99. The number of methoxy groups -OCH3 is 1. The lowest BCUT2D eigenvalue weighted by molar-refractivity contribution is 0.415. The van der Waals surface area contributed by atoms with Gasteiger partial charge in [-0.25, -0.2) is 0 Å². The molecule has 30 heavy (non-hydrogen) atoms. The second-order valence-electron chi connectivity index (χ2n) is 6.98. The molecule has 7 nitrogen and oxygen atoms in total. The second kappa shape index (κ2) is 8.08. The van der Waals surface area contributed by atoms with Crippen LogP contribution < -0.4 is 25.3 Å². The van der Waals surface area contributed by atoms with Gasteiger partial charge in [-0.1, -0.05) is 35.6 Å². The van der Waals surface area contributed by atoms with Crippen molar-refractivity contribution in [2.24, 2.45) is 0 Å². The van der Waals surface area contributed by atoms with Crippen LogP contribution in [0.3, 0.4) is 0 Å². The Morgan fingerprint density at radius 3 is 2.40 bits per heavy atom. The first-order valence-electron chi connectivity index (χ1n) is 9.29. The van der Waals surface area contributed by atoms with Crippen LogP contribution in [0, 0.1) is 0 Å². The highest BCUT2D eigenvalue weighted by Crippen LogP contribution is 2.14. The van der Waals surface area contributed by atoms with Crippen molar-refractivity contribution in [3.8, 4) is 5.75 Å². The van der Waals surface area contributed by atoms with Crippen LogP contribution in [-0.4, -0.2) is 35.8 Å². The molecule has 8 heteroatoms. The van der Waals surface area contributed by atoms with Gasteiger partial charge in [-0.05, 0) is 41.5 Å². The number of ether oxygens (including phenoxy) is 1. The molecule has 0 aliphatic rings. The molecule has 4 rings (SSSR count). The average molecular weight is 420 g/mol. The molecule has 0 amide bonds. The summed E-state index contributed by atoms with van der Waals surface area (Å²) >= 11 is 1.15. The van der Waals surface area contributed by atoms with E-state index in [1.54, 1.807) is 13.2 Å². The first-order valence-corrected chi connectivity index (χ1v) is 10.1. The van der Waals surface area contributed by atoms with Crippen molar-refractivity contribution >= 4 is 28.1 Å². The Morgan fingerprint density at radius 1 is 1.07 bits per heavy atom. The fraction of sp³-hybridized carbons (Fsp3) is 0.182. The molecule has 152 valence electrons. The lowest BCUT2D eigenvalue weighted by atomic mass is 10.1. The molecule has 0 aliphatic heterocycles. The fourth-order valence-electron chi connectivity index (χ4n) is 3.01. The van der Waals surface area contributed by atoms with Crippen molar-refractivity contribution in [2.75, 3.05) is 26.1 Å². The topological polar surface area (TPSA) is 76.8 Å². The Labute approximate surface area is 176 Å². The van der Waals surface area contributed by atoms with E-state index >= 15 is 0 Å². The number of benzene rings is 2. The summed E-state index contributed by atoms with van der Waals surface area (Å²) < 4.78 is 6.83. The van der Waals surface area contributed by atoms with Crippen molar-refractivity contribution < 1.29 is 4.74 Å². The van der Waals surface area contributed by atoms with Crippen LogP contribution in [-0.2, 0) is 6.42 Å². The van der Waals surface area contributed by atoms with E-state index in [0.717, 1.165) is 33.9 Å². The number of rotatable bonds is 5. The third kappa shape index (κ3) is 3.95. The lowest BCUT2D eigenvalue weighted by Gasteiger charge is -2.12. The number of anilines is 1. The van der Waals surface area contributed by atoms with Crippen molar-refractivity contribution in [2.45, 2.75) is 6.42 Å². The maximum atomic E-state index is 12.8. The van der Waals surface area contributed by atoms with Crippen LogP contribution >= 0.6 is 11.3 Å². The highest BCUT2D eigenvalue weighted by atomic mass is 32.1. The zero-order valence-corrected chi connectivity index (χ0v) is 17.6. The molecule has 0 unspecified atom stereocenters. The average Bonchev–Trinajstić information content (AvgIpc) is 3.03. The van der Waals surface area contributed by atoms with Crippen molar-refractivity contribution in [1.29, 1.82) is 0 Å². The van der Waals surface area contributed by atoms with Gasteiger partial charge in [-0.2, -0.15) is 14.6 Å². The molecule has 0 fully saturated rings. The highest BCUT2D eigenvalue weighted by Gasteiger charge is 2.12. The number of thiazole rings is 1. The third-order valence-corrected chi connectivity index (χ3v) is 5.65. The molecular weight excluding hydrogens is 400 g/mol. The van der Waals surface area contributed by atoms with E-state index in [1.165, 1.54) is 4.52 Å². The summed E-state index contributed by atoms with van der Waals surface area (Å²) in [5.41, 5.74) is 2.39. The van der Waals surface area contributed by atoms with Gasteiger partial charge in [0.1, 0.15) is 11.4 Å². The number of hydrogen-bond donors (Lipinski definition) is 0. The predicted octanol–water partition coefficient (Wildman–Crippen LogP) is 1.72. The quantitative estimate of drug-likeness (QED) is 0.489. The van der Waals surface area contributed by atoms with Crippen molar-refractivity contribution in [1.82, 2.24) is 14.6 Å². The van der Waals surface area contributed by atoms with Crippen LogP contribution in [0.15, 0.2) is 58.1 Å². The first kappa shape index (κ1) is 19.8. The summed E-state index contributed by atoms with van der Waals surface area (Å²) in [5.74, 6) is 0.739. The summed E-state index contributed by atoms with van der Waals surface area (Å²) in [5, 5.41) is 4.31. The molecule has 0 radical (unpaired) electrons. The Hall–Kier alpha value is -3.52. The number of aromatic nitrogens is 3. The number of hydrogen-bond acceptors (Lipinski definition) is 7. The Morgan fingerprint density at radius 2 is 1.77 bits per heavy atom. The van der Waals surface area contributed by atoms with Gasteiger partial charge in [0.15, 0.2) is 0 Å². The molecule has 0 atom stereocenters. The minimum Gasteiger partial charge on any atom is -0.497 e.